The van der Waals surface area contributed by atoms with Gasteiger partial charge in [-0.25, -0.2) is 14.4 Å². The normalized spacial score (nSPS) is 18.0. The number of hydrogen-bond acceptors (Lipinski definition) is 9. The van der Waals surface area contributed by atoms with Crippen LogP contribution in [-0.4, -0.2) is 72.2 Å². The smallest absolute Gasteiger partial charge is 0.457 e. The van der Waals surface area contributed by atoms with Crippen LogP contribution in [0, 0.1) is 11.8 Å². The first-order chi connectivity index (χ1) is 22.5. The SMILES string of the molecule is CC[C@H](C)[C@H](NC(=O)OC(C)(C)C)C(=O)NC[C@H](CCCB1OC(C)(C)C(C)(C)O1)[C@H](NC(=O)OCc1ccccc1)C(=O)OC(C)(C)C. The molecule has 0 aromatic heterocycles. The Bertz CT molecular complexity index is 1230. The molecule has 0 spiro atoms. The van der Waals surface area contributed by atoms with Gasteiger partial charge in [0.2, 0.25) is 5.91 Å². The quantitative estimate of drug-likeness (QED) is 0.112. The Morgan fingerprint density at radius 1 is 0.837 bits per heavy atom. The van der Waals surface area contributed by atoms with E-state index in [1.807, 2.05) is 71.9 Å². The summed E-state index contributed by atoms with van der Waals surface area (Å²) in [6, 6.07) is 7.12. The molecule has 1 aromatic rings. The standard InChI is InChI=1S/C36H60BN3O9/c1-13-24(2)27(39-32(44)47-34(6,7)8)29(41)38-22-26(20-17-21-37-48-35(9,10)36(11,12)49-37)28(30(42)46-33(3,4)5)40-31(43)45-23-25-18-15-14-16-19-25/h14-16,18-19,24,26-28H,13,17,20-23H2,1-12H3,(H,38,41)(H,39,44)(H,40,43)/t24-,26-,27-,28-/m0/s1. The van der Waals surface area contributed by atoms with Gasteiger partial charge in [-0.2, -0.15) is 0 Å². The molecule has 3 amide bonds. The van der Waals surface area contributed by atoms with Gasteiger partial charge in [-0.1, -0.05) is 57.0 Å². The third kappa shape index (κ3) is 14.2. The highest BCUT2D eigenvalue weighted by Crippen LogP contribution is 2.38. The van der Waals surface area contributed by atoms with Crippen molar-refractivity contribution in [1.29, 1.82) is 0 Å². The summed E-state index contributed by atoms with van der Waals surface area (Å²) in [5.41, 5.74) is -1.81. The first kappa shape index (κ1) is 41.9. The van der Waals surface area contributed by atoms with Gasteiger partial charge >= 0.3 is 25.3 Å². The van der Waals surface area contributed by atoms with Crippen LogP contribution in [0.5, 0.6) is 0 Å². The molecule has 0 unspecified atom stereocenters. The molecule has 0 saturated carbocycles. The van der Waals surface area contributed by atoms with Crippen molar-refractivity contribution in [2.45, 2.75) is 150 Å². The van der Waals surface area contributed by atoms with Gasteiger partial charge < -0.3 is 39.5 Å². The molecular formula is C36H60BN3O9. The predicted molar refractivity (Wildman–Crippen MR) is 189 cm³/mol. The van der Waals surface area contributed by atoms with Crippen molar-refractivity contribution < 1.29 is 42.7 Å². The third-order valence-electron chi connectivity index (χ3n) is 8.64. The van der Waals surface area contributed by atoms with E-state index in [0.717, 1.165) is 5.56 Å². The van der Waals surface area contributed by atoms with E-state index in [9.17, 15) is 19.2 Å². The number of benzene rings is 1. The Hall–Kier alpha value is -3.32. The van der Waals surface area contributed by atoms with Gasteiger partial charge in [-0.05, 0) is 93.5 Å². The number of carbonyl (C=O) groups excluding carboxylic acids is 4. The topological polar surface area (TPSA) is 151 Å². The van der Waals surface area contributed by atoms with E-state index in [-0.39, 0.29) is 19.1 Å². The Labute approximate surface area is 293 Å². The number of amides is 3. The lowest BCUT2D eigenvalue weighted by Gasteiger charge is -2.32. The maximum Gasteiger partial charge on any atom is 0.457 e. The zero-order chi connectivity index (χ0) is 37.2. The Morgan fingerprint density at radius 2 is 1.39 bits per heavy atom. The largest absolute Gasteiger partial charge is 0.458 e. The van der Waals surface area contributed by atoms with Crippen LogP contribution in [0.1, 0.15) is 108 Å². The molecule has 3 N–H and O–H groups in total. The third-order valence-corrected chi connectivity index (χ3v) is 8.64. The molecular weight excluding hydrogens is 629 g/mol. The number of esters is 1. The fourth-order valence-corrected chi connectivity index (χ4v) is 5.12. The molecule has 12 nitrogen and oxygen atoms in total. The van der Waals surface area contributed by atoms with Crippen LogP contribution < -0.4 is 16.0 Å². The minimum absolute atomic E-state index is 0.00393. The van der Waals surface area contributed by atoms with Crippen molar-refractivity contribution >= 4 is 31.2 Å². The van der Waals surface area contributed by atoms with Crippen LogP contribution in [0.25, 0.3) is 0 Å². The van der Waals surface area contributed by atoms with E-state index in [0.29, 0.717) is 25.6 Å². The maximum atomic E-state index is 13.7. The van der Waals surface area contributed by atoms with Gasteiger partial charge in [0.05, 0.1) is 11.2 Å². The van der Waals surface area contributed by atoms with Gasteiger partial charge in [0.25, 0.3) is 0 Å². The molecule has 1 aliphatic heterocycles. The first-order valence-electron chi connectivity index (χ1n) is 17.4. The van der Waals surface area contributed by atoms with Crippen LogP contribution >= 0.6 is 0 Å². The Morgan fingerprint density at radius 3 is 1.92 bits per heavy atom. The lowest BCUT2D eigenvalue weighted by atomic mass is 9.80. The van der Waals surface area contributed by atoms with Gasteiger partial charge in [-0.3, -0.25) is 4.79 Å². The average Bonchev–Trinajstić information content (AvgIpc) is 3.18. The lowest BCUT2D eigenvalue weighted by molar-refractivity contribution is -0.159. The molecule has 276 valence electrons. The fourth-order valence-electron chi connectivity index (χ4n) is 5.12. The highest BCUT2D eigenvalue weighted by molar-refractivity contribution is 6.45. The Kier molecular flexibility index (Phi) is 15.0. The molecule has 1 heterocycles. The molecule has 4 atom stereocenters. The zero-order valence-corrected chi connectivity index (χ0v) is 31.7. The van der Waals surface area contributed by atoms with Crippen LogP contribution in [-0.2, 0) is 39.7 Å². The average molecular weight is 690 g/mol. The van der Waals surface area contributed by atoms with E-state index < -0.39 is 71.6 Å². The van der Waals surface area contributed by atoms with Gasteiger partial charge in [0.15, 0.2) is 0 Å². The Balaban J connectivity index is 2.31. The van der Waals surface area contributed by atoms with Crippen molar-refractivity contribution in [2.24, 2.45) is 11.8 Å². The number of rotatable bonds is 15. The molecule has 0 bridgehead atoms. The zero-order valence-electron chi connectivity index (χ0n) is 31.7. The lowest BCUT2D eigenvalue weighted by Crippen LogP contribution is -2.55. The first-order valence-corrected chi connectivity index (χ1v) is 17.4. The molecule has 1 saturated heterocycles. The molecule has 1 aromatic carbocycles. The summed E-state index contributed by atoms with van der Waals surface area (Å²) in [7, 11) is -0.461. The summed E-state index contributed by atoms with van der Waals surface area (Å²) in [5.74, 6) is -1.94. The number of carbonyl (C=O) groups is 4. The maximum absolute atomic E-state index is 13.7. The second-order valence-electron chi connectivity index (χ2n) is 15.8. The van der Waals surface area contributed by atoms with Crippen LogP contribution in [0.4, 0.5) is 9.59 Å². The van der Waals surface area contributed by atoms with Gasteiger partial charge in [0.1, 0.15) is 29.9 Å². The van der Waals surface area contributed by atoms with E-state index in [1.165, 1.54) is 0 Å². The summed E-state index contributed by atoms with van der Waals surface area (Å²) in [6.07, 6.45) is 0.559. The van der Waals surface area contributed by atoms with Crippen molar-refractivity contribution in [3.05, 3.63) is 35.9 Å². The molecule has 0 radical (unpaired) electrons. The van der Waals surface area contributed by atoms with Crippen molar-refractivity contribution in [3.8, 4) is 0 Å². The molecule has 49 heavy (non-hydrogen) atoms. The number of nitrogens with one attached hydrogen (secondary N) is 3. The highest BCUT2D eigenvalue weighted by atomic mass is 16.7. The van der Waals surface area contributed by atoms with Crippen molar-refractivity contribution in [1.82, 2.24) is 16.0 Å². The second-order valence-corrected chi connectivity index (χ2v) is 15.8. The van der Waals surface area contributed by atoms with Crippen molar-refractivity contribution in [2.75, 3.05) is 6.54 Å². The van der Waals surface area contributed by atoms with Crippen LogP contribution in [0.3, 0.4) is 0 Å². The number of alkyl carbamates (subject to hydrolysis) is 2. The summed E-state index contributed by atoms with van der Waals surface area (Å²) in [6.45, 7) is 22.1. The van der Waals surface area contributed by atoms with E-state index in [2.05, 4.69) is 16.0 Å². The number of ether oxygens (including phenoxy) is 3. The molecule has 13 heteroatoms. The van der Waals surface area contributed by atoms with Crippen LogP contribution in [0.2, 0.25) is 6.32 Å². The summed E-state index contributed by atoms with van der Waals surface area (Å²) in [5, 5.41) is 8.35. The molecule has 2 rings (SSSR count). The van der Waals surface area contributed by atoms with Gasteiger partial charge in [-0.15, -0.1) is 0 Å². The van der Waals surface area contributed by atoms with E-state index in [4.69, 9.17) is 23.5 Å². The molecule has 1 fully saturated rings. The fraction of sp³-hybridized carbons (Fsp3) is 0.722. The minimum Gasteiger partial charge on any atom is -0.458 e. The summed E-state index contributed by atoms with van der Waals surface area (Å²) < 4.78 is 29.0. The minimum atomic E-state index is -1.16. The second kappa shape index (κ2) is 17.6. The van der Waals surface area contributed by atoms with E-state index in [1.54, 1.807) is 41.5 Å². The van der Waals surface area contributed by atoms with Crippen molar-refractivity contribution in [3.63, 3.8) is 0 Å². The van der Waals surface area contributed by atoms with Gasteiger partial charge in [0, 0.05) is 12.5 Å². The van der Waals surface area contributed by atoms with Crippen LogP contribution in [0.15, 0.2) is 30.3 Å². The predicted octanol–water partition coefficient (Wildman–Crippen LogP) is 6.17. The monoisotopic (exact) mass is 689 g/mol. The molecule has 1 aliphatic rings. The molecule has 0 aliphatic carbocycles. The summed E-state index contributed by atoms with van der Waals surface area (Å²) >= 11 is 0. The van der Waals surface area contributed by atoms with E-state index >= 15 is 0 Å². The summed E-state index contributed by atoms with van der Waals surface area (Å²) in [4.78, 5) is 53.1. The number of hydrogen-bond donors (Lipinski definition) is 3. The highest BCUT2D eigenvalue weighted by Gasteiger charge is 2.50.